The molecule has 3 heteroatoms. The van der Waals surface area contributed by atoms with Gasteiger partial charge < -0.3 is 10.0 Å². The highest BCUT2D eigenvalue weighted by molar-refractivity contribution is 5.81. The minimum absolute atomic E-state index is 0.607. The van der Waals surface area contributed by atoms with E-state index in [2.05, 4.69) is 6.07 Å². The van der Waals surface area contributed by atoms with E-state index in [1.807, 2.05) is 53.4 Å². The fourth-order valence-corrected chi connectivity index (χ4v) is 2.72. The van der Waals surface area contributed by atoms with Crippen molar-refractivity contribution in [1.82, 2.24) is 0 Å². The molecule has 1 atom stereocenters. The van der Waals surface area contributed by atoms with Crippen molar-refractivity contribution in [3.8, 4) is 0 Å². The van der Waals surface area contributed by atoms with Crippen LogP contribution in [0, 0.1) is 0 Å². The lowest BCUT2D eigenvalue weighted by Gasteiger charge is -2.27. The Labute approximate surface area is 112 Å². The monoisotopic (exact) mass is 253 g/mol. The zero-order valence-electron chi connectivity index (χ0n) is 10.5. The van der Waals surface area contributed by atoms with Gasteiger partial charge in [0.2, 0.25) is 0 Å². The number of hydrogen-bond donors (Lipinski definition) is 1. The second-order valence-corrected chi connectivity index (χ2v) is 4.72. The van der Waals surface area contributed by atoms with Crippen LogP contribution < -0.4 is 4.90 Å². The Morgan fingerprint density at radius 2 is 1.74 bits per heavy atom. The quantitative estimate of drug-likeness (QED) is 0.914. The smallest absolute Gasteiger partial charge is 0.331 e. The van der Waals surface area contributed by atoms with Gasteiger partial charge in [-0.1, -0.05) is 48.5 Å². The number of carbonyl (C=O) groups is 1. The summed E-state index contributed by atoms with van der Waals surface area (Å²) in [6.07, 6.45) is 0.910. The van der Waals surface area contributed by atoms with E-state index in [1.165, 1.54) is 5.56 Å². The van der Waals surface area contributed by atoms with Gasteiger partial charge in [0.05, 0.1) is 0 Å². The summed E-state index contributed by atoms with van der Waals surface area (Å²) in [5.74, 6) is -0.803. The van der Waals surface area contributed by atoms with Gasteiger partial charge in [-0.15, -0.1) is 0 Å². The van der Waals surface area contributed by atoms with Crippen molar-refractivity contribution in [2.75, 3.05) is 11.4 Å². The highest BCUT2D eigenvalue weighted by Crippen LogP contribution is 2.35. The van der Waals surface area contributed by atoms with Gasteiger partial charge in [-0.2, -0.15) is 0 Å². The molecule has 0 bridgehead atoms. The van der Waals surface area contributed by atoms with Crippen LogP contribution in [0.25, 0.3) is 0 Å². The van der Waals surface area contributed by atoms with Gasteiger partial charge in [0.1, 0.15) is 0 Å². The van der Waals surface area contributed by atoms with Crippen LogP contribution in [0.4, 0.5) is 5.69 Å². The molecule has 0 aromatic heterocycles. The normalized spacial score (nSPS) is 15.1. The third-order valence-electron chi connectivity index (χ3n) is 3.58. The van der Waals surface area contributed by atoms with Crippen LogP contribution in [0.5, 0.6) is 0 Å². The Balaban J connectivity index is 2.02. The van der Waals surface area contributed by atoms with E-state index in [0.717, 1.165) is 24.2 Å². The summed E-state index contributed by atoms with van der Waals surface area (Å²) in [4.78, 5) is 13.6. The molecule has 3 rings (SSSR count). The van der Waals surface area contributed by atoms with E-state index in [-0.39, 0.29) is 0 Å². The van der Waals surface area contributed by atoms with E-state index in [9.17, 15) is 9.90 Å². The highest BCUT2D eigenvalue weighted by Gasteiger charge is 2.31. The van der Waals surface area contributed by atoms with E-state index < -0.39 is 12.0 Å². The molecule has 0 saturated carbocycles. The lowest BCUT2D eigenvalue weighted by molar-refractivity contribution is -0.138. The third-order valence-corrected chi connectivity index (χ3v) is 3.58. The topological polar surface area (TPSA) is 40.5 Å². The lowest BCUT2D eigenvalue weighted by atomic mass is 10.1. The lowest BCUT2D eigenvalue weighted by Crippen LogP contribution is -2.32. The van der Waals surface area contributed by atoms with Crippen LogP contribution in [0.15, 0.2) is 54.6 Å². The van der Waals surface area contributed by atoms with Crippen molar-refractivity contribution in [3.05, 3.63) is 65.7 Å². The summed E-state index contributed by atoms with van der Waals surface area (Å²) in [5, 5.41) is 9.57. The molecule has 3 nitrogen and oxygen atoms in total. The van der Waals surface area contributed by atoms with Crippen molar-refractivity contribution < 1.29 is 9.90 Å². The Morgan fingerprint density at radius 3 is 2.47 bits per heavy atom. The molecule has 0 amide bonds. The molecule has 19 heavy (non-hydrogen) atoms. The molecule has 2 aromatic rings. The second kappa shape index (κ2) is 4.76. The molecule has 1 aliphatic rings. The second-order valence-electron chi connectivity index (χ2n) is 4.72. The standard InChI is InChI=1S/C16H15NO2/c18-16(19)15(13-7-2-1-3-8-13)17-11-10-12-6-4-5-9-14(12)17/h1-9,15H,10-11H2,(H,18,19). The maximum Gasteiger partial charge on any atom is 0.331 e. The Kier molecular flexibility index (Phi) is 2.95. The minimum atomic E-state index is -0.803. The molecule has 96 valence electrons. The molecule has 0 spiro atoms. The molecule has 0 saturated heterocycles. The van der Waals surface area contributed by atoms with Gasteiger partial charge in [0, 0.05) is 12.2 Å². The van der Waals surface area contributed by atoms with E-state index >= 15 is 0 Å². The summed E-state index contributed by atoms with van der Waals surface area (Å²) < 4.78 is 0. The SMILES string of the molecule is O=C(O)C(c1ccccc1)N1CCc2ccccc21. The van der Waals surface area contributed by atoms with Crippen molar-refractivity contribution in [1.29, 1.82) is 0 Å². The van der Waals surface area contributed by atoms with Crippen LogP contribution in [-0.4, -0.2) is 17.6 Å². The summed E-state index contributed by atoms with van der Waals surface area (Å²) in [6.45, 7) is 0.755. The maximum atomic E-state index is 11.7. The van der Waals surface area contributed by atoms with Crippen LogP contribution in [0.3, 0.4) is 0 Å². The summed E-state index contributed by atoms with van der Waals surface area (Å²) in [6, 6.07) is 16.8. The average Bonchev–Trinajstić information content (AvgIpc) is 2.84. The molecule has 1 heterocycles. The first-order valence-corrected chi connectivity index (χ1v) is 6.39. The number of anilines is 1. The first-order valence-electron chi connectivity index (χ1n) is 6.39. The average molecular weight is 253 g/mol. The fourth-order valence-electron chi connectivity index (χ4n) is 2.72. The van der Waals surface area contributed by atoms with Crippen LogP contribution >= 0.6 is 0 Å². The predicted molar refractivity (Wildman–Crippen MR) is 74.3 cm³/mol. The molecule has 1 unspecified atom stereocenters. The van der Waals surface area contributed by atoms with Crippen molar-refractivity contribution in [3.63, 3.8) is 0 Å². The van der Waals surface area contributed by atoms with Crippen LogP contribution in [-0.2, 0) is 11.2 Å². The van der Waals surface area contributed by atoms with Gasteiger partial charge in [0.15, 0.2) is 6.04 Å². The first-order chi connectivity index (χ1) is 9.27. The van der Waals surface area contributed by atoms with E-state index in [0.29, 0.717) is 0 Å². The van der Waals surface area contributed by atoms with E-state index in [4.69, 9.17) is 0 Å². The number of hydrogen-bond acceptors (Lipinski definition) is 2. The largest absolute Gasteiger partial charge is 0.479 e. The third kappa shape index (κ3) is 2.08. The number of aliphatic carboxylic acids is 1. The van der Waals surface area contributed by atoms with Crippen molar-refractivity contribution in [2.24, 2.45) is 0 Å². The number of fused-ring (bicyclic) bond motifs is 1. The molecular formula is C16H15NO2. The maximum absolute atomic E-state index is 11.7. The molecule has 0 fully saturated rings. The highest BCUT2D eigenvalue weighted by atomic mass is 16.4. The number of para-hydroxylation sites is 1. The Bertz CT molecular complexity index is 595. The Hall–Kier alpha value is -2.29. The minimum Gasteiger partial charge on any atom is -0.479 e. The van der Waals surface area contributed by atoms with Gasteiger partial charge in [-0.25, -0.2) is 4.79 Å². The zero-order chi connectivity index (χ0) is 13.2. The van der Waals surface area contributed by atoms with E-state index in [1.54, 1.807) is 0 Å². The van der Waals surface area contributed by atoms with Gasteiger partial charge in [0.25, 0.3) is 0 Å². The van der Waals surface area contributed by atoms with Gasteiger partial charge >= 0.3 is 5.97 Å². The van der Waals surface area contributed by atoms with Gasteiger partial charge in [-0.05, 0) is 23.6 Å². The summed E-state index contributed by atoms with van der Waals surface area (Å²) in [7, 11) is 0. The number of benzene rings is 2. The molecule has 0 aliphatic carbocycles. The molecule has 0 radical (unpaired) electrons. The summed E-state index contributed by atoms with van der Waals surface area (Å²) in [5.41, 5.74) is 3.09. The molecule has 2 aromatic carbocycles. The van der Waals surface area contributed by atoms with Crippen molar-refractivity contribution in [2.45, 2.75) is 12.5 Å². The molecule has 1 N–H and O–H groups in total. The van der Waals surface area contributed by atoms with Gasteiger partial charge in [-0.3, -0.25) is 0 Å². The first kappa shape index (κ1) is 11.8. The van der Waals surface area contributed by atoms with Crippen LogP contribution in [0.1, 0.15) is 17.2 Å². The summed E-state index contributed by atoms with van der Waals surface area (Å²) >= 11 is 0. The van der Waals surface area contributed by atoms with Crippen LogP contribution in [0.2, 0.25) is 0 Å². The van der Waals surface area contributed by atoms with Crippen molar-refractivity contribution >= 4 is 11.7 Å². The zero-order valence-corrected chi connectivity index (χ0v) is 10.5. The fraction of sp³-hybridized carbons (Fsp3) is 0.188. The Morgan fingerprint density at radius 1 is 1.05 bits per heavy atom. The predicted octanol–water partition coefficient (Wildman–Crippen LogP) is 2.88. The molecule has 1 aliphatic heterocycles. The number of carboxylic acids is 1. The number of rotatable bonds is 3. The number of carboxylic acid groups (broad SMARTS) is 1. The molecular weight excluding hydrogens is 238 g/mol. The number of nitrogens with zero attached hydrogens (tertiary/aromatic N) is 1.